The maximum absolute atomic E-state index is 11.4. The first kappa shape index (κ1) is 13.9. The van der Waals surface area contributed by atoms with E-state index in [2.05, 4.69) is 23.1 Å². The van der Waals surface area contributed by atoms with Crippen molar-refractivity contribution in [1.82, 2.24) is 10.2 Å². The van der Waals surface area contributed by atoms with Crippen LogP contribution >= 0.6 is 0 Å². The standard InChI is InChI=1S/C11H14N2O3/c1-3-5-6-7-12-11(16)13(8-4-2)9-10(14)15/h2H,6-9H2,1H3,(H,12,16)(H,14,15). The summed E-state index contributed by atoms with van der Waals surface area (Å²) in [5.41, 5.74) is 0. The Morgan fingerprint density at radius 2 is 2.19 bits per heavy atom. The third-order valence-corrected chi connectivity index (χ3v) is 1.60. The lowest BCUT2D eigenvalue weighted by Crippen LogP contribution is -2.43. The van der Waals surface area contributed by atoms with Crippen LogP contribution in [0.5, 0.6) is 0 Å². The molecule has 5 nitrogen and oxygen atoms in total. The van der Waals surface area contributed by atoms with Crippen LogP contribution in [0.25, 0.3) is 0 Å². The predicted molar refractivity (Wildman–Crippen MR) is 59.5 cm³/mol. The molecule has 86 valence electrons. The van der Waals surface area contributed by atoms with E-state index >= 15 is 0 Å². The SMILES string of the molecule is C#CCN(CC(=O)O)C(=O)NCCC#CC. The smallest absolute Gasteiger partial charge is 0.323 e. The highest BCUT2D eigenvalue weighted by Gasteiger charge is 2.14. The predicted octanol–water partition coefficient (Wildman–Crippen LogP) is 0.129. The maximum atomic E-state index is 11.4. The second-order valence-electron chi connectivity index (χ2n) is 2.86. The number of nitrogens with zero attached hydrogens (tertiary/aromatic N) is 1. The summed E-state index contributed by atoms with van der Waals surface area (Å²) < 4.78 is 0. The van der Waals surface area contributed by atoms with Gasteiger partial charge in [-0.15, -0.1) is 18.3 Å². The van der Waals surface area contributed by atoms with Crippen LogP contribution in [0, 0.1) is 24.2 Å². The summed E-state index contributed by atoms with van der Waals surface area (Å²) in [7, 11) is 0. The minimum Gasteiger partial charge on any atom is -0.480 e. The number of carbonyl (C=O) groups is 2. The van der Waals surface area contributed by atoms with Crippen molar-refractivity contribution >= 4 is 12.0 Å². The van der Waals surface area contributed by atoms with Crippen LogP contribution in [0.3, 0.4) is 0 Å². The van der Waals surface area contributed by atoms with Gasteiger partial charge >= 0.3 is 12.0 Å². The quantitative estimate of drug-likeness (QED) is 0.513. The number of hydrogen-bond acceptors (Lipinski definition) is 2. The third kappa shape index (κ3) is 6.33. The Bertz CT molecular complexity index is 346. The zero-order valence-corrected chi connectivity index (χ0v) is 9.12. The molecule has 2 amide bonds. The molecular formula is C11H14N2O3. The molecule has 0 aliphatic heterocycles. The van der Waals surface area contributed by atoms with Crippen LogP contribution < -0.4 is 5.32 Å². The molecule has 0 aliphatic rings. The van der Waals surface area contributed by atoms with Crippen LogP contribution in [-0.2, 0) is 4.79 Å². The molecule has 16 heavy (non-hydrogen) atoms. The van der Waals surface area contributed by atoms with Crippen molar-refractivity contribution in [1.29, 1.82) is 0 Å². The van der Waals surface area contributed by atoms with Gasteiger partial charge in [0, 0.05) is 13.0 Å². The van der Waals surface area contributed by atoms with Crippen LogP contribution in [0.2, 0.25) is 0 Å². The van der Waals surface area contributed by atoms with E-state index in [0.29, 0.717) is 13.0 Å². The van der Waals surface area contributed by atoms with Gasteiger partial charge in [0.2, 0.25) is 0 Å². The number of hydrogen-bond donors (Lipinski definition) is 2. The number of urea groups is 1. The molecule has 0 saturated carbocycles. The summed E-state index contributed by atoms with van der Waals surface area (Å²) in [5.74, 6) is 6.59. The van der Waals surface area contributed by atoms with Gasteiger partial charge in [-0.05, 0) is 6.92 Å². The minimum absolute atomic E-state index is 0.0302. The molecule has 0 aromatic carbocycles. The van der Waals surface area contributed by atoms with Crippen molar-refractivity contribution in [3.8, 4) is 24.2 Å². The molecule has 0 bridgehead atoms. The molecule has 0 atom stereocenters. The highest BCUT2D eigenvalue weighted by atomic mass is 16.4. The highest BCUT2D eigenvalue weighted by Crippen LogP contribution is 1.89. The average molecular weight is 222 g/mol. The largest absolute Gasteiger partial charge is 0.480 e. The van der Waals surface area contributed by atoms with Gasteiger partial charge in [0.25, 0.3) is 0 Å². The van der Waals surface area contributed by atoms with E-state index in [9.17, 15) is 9.59 Å². The molecule has 0 fully saturated rings. The summed E-state index contributed by atoms with van der Waals surface area (Å²) >= 11 is 0. The molecule has 0 heterocycles. The maximum Gasteiger partial charge on any atom is 0.323 e. The molecule has 2 N–H and O–H groups in total. The number of aliphatic carboxylic acids is 1. The number of terminal acetylenes is 1. The van der Waals surface area contributed by atoms with Crippen molar-refractivity contribution in [3.63, 3.8) is 0 Å². The van der Waals surface area contributed by atoms with Crippen molar-refractivity contribution in [2.24, 2.45) is 0 Å². The number of carboxylic acid groups (broad SMARTS) is 1. The first-order valence-electron chi connectivity index (χ1n) is 4.69. The van der Waals surface area contributed by atoms with E-state index in [-0.39, 0.29) is 6.54 Å². The molecule has 0 spiro atoms. The Labute approximate surface area is 94.8 Å². The zero-order valence-electron chi connectivity index (χ0n) is 9.12. The normalized spacial score (nSPS) is 8.25. The Morgan fingerprint density at radius 1 is 1.50 bits per heavy atom. The second-order valence-corrected chi connectivity index (χ2v) is 2.86. The number of nitrogens with one attached hydrogen (secondary N) is 1. The molecule has 5 heteroatoms. The lowest BCUT2D eigenvalue weighted by atomic mass is 10.4. The monoisotopic (exact) mass is 222 g/mol. The Balaban J connectivity index is 4.10. The number of carbonyl (C=O) groups excluding carboxylic acids is 1. The molecule has 0 rings (SSSR count). The number of rotatable bonds is 5. The molecular weight excluding hydrogens is 208 g/mol. The summed E-state index contributed by atoms with van der Waals surface area (Å²) in [6, 6.07) is -0.488. The molecule has 0 radical (unpaired) electrons. The van der Waals surface area contributed by atoms with Gasteiger partial charge < -0.3 is 15.3 Å². The van der Waals surface area contributed by atoms with Crippen LogP contribution in [0.1, 0.15) is 13.3 Å². The Hall–Kier alpha value is -2.14. The zero-order chi connectivity index (χ0) is 12.4. The fraction of sp³-hybridized carbons (Fsp3) is 0.455. The summed E-state index contributed by atoms with van der Waals surface area (Å²) in [4.78, 5) is 22.9. The molecule has 0 unspecified atom stereocenters. The number of carboxylic acids is 1. The van der Waals surface area contributed by atoms with Gasteiger partial charge in [0.1, 0.15) is 6.54 Å². The Morgan fingerprint density at radius 3 is 2.69 bits per heavy atom. The summed E-state index contributed by atoms with van der Waals surface area (Å²) in [5, 5.41) is 11.1. The lowest BCUT2D eigenvalue weighted by molar-refractivity contribution is -0.137. The average Bonchev–Trinajstić information content (AvgIpc) is 2.23. The summed E-state index contributed by atoms with van der Waals surface area (Å²) in [6.07, 6.45) is 5.56. The molecule has 0 saturated heterocycles. The molecule has 0 aromatic heterocycles. The van der Waals surface area contributed by atoms with Crippen molar-refractivity contribution in [3.05, 3.63) is 0 Å². The van der Waals surface area contributed by atoms with Gasteiger partial charge in [-0.1, -0.05) is 5.92 Å². The highest BCUT2D eigenvalue weighted by molar-refractivity contribution is 5.80. The second kappa shape index (κ2) is 8.19. The van der Waals surface area contributed by atoms with Crippen molar-refractivity contribution in [2.45, 2.75) is 13.3 Å². The molecule has 0 aliphatic carbocycles. The van der Waals surface area contributed by atoms with Crippen LogP contribution in [0.15, 0.2) is 0 Å². The molecule has 0 aromatic rings. The first-order valence-corrected chi connectivity index (χ1v) is 4.69. The van der Waals surface area contributed by atoms with E-state index in [1.54, 1.807) is 6.92 Å². The topological polar surface area (TPSA) is 69.6 Å². The third-order valence-electron chi connectivity index (χ3n) is 1.60. The van der Waals surface area contributed by atoms with E-state index in [1.807, 2.05) is 0 Å². The first-order chi connectivity index (χ1) is 7.61. The van der Waals surface area contributed by atoms with Crippen LogP contribution in [-0.4, -0.2) is 41.6 Å². The lowest BCUT2D eigenvalue weighted by Gasteiger charge is -2.17. The van der Waals surface area contributed by atoms with Crippen molar-refractivity contribution in [2.75, 3.05) is 19.6 Å². The van der Waals surface area contributed by atoms with E-state index < -0.39 is 18.5 Å². The summed E-state index contributed by atoms with van der Waals surface area (Å²) in [6.45, 7) is 1.64. The van der Waals surface area contributed by atoms with E-state index in [0.717, 1.165) is 4.90 Å². The Kier molecular flexibility index (Phi) is 7.10. The minimum atomic E-state index is -1.10. The van der Waals surface area contributed by atoms with Crippen molar-refractivity contribution < 1.29 is 14.7 Å². The number of amides is 2. The van der Waals surface area contributed by atoms with Gasteiger partial charge in [-0.25, -0.2) is 4.79 Å². The fourth-order valence-electron chi connectivity index (χ4n) is 0.942. The van der Waals surface area contributed by atoms with Crippen LogP contribution in [0.4, 0.5) is 4.79 Å². The fourth-order valence-corrected chi connectivity index (χ4v) is 0.942. The van der Waals surface area contributed by atoms with E-state index in [4.69, 9.17) is 11.5 Å². The van der Waals surface area contributed by atoms with Gasteiger partial charge in [0.15, 0.2) is 0 Å². The van der Waals surface area contributed by atoms with Gasteiger partial charge in [-0.2, -0.15) is 0 Å². The van der Waals surface area contributed by atoms with E-state index in [1.165, 1.54) is 0 Å². The van der Waals surface area contributed by atoms with Gasteiger partial charge in [-0.3, -0.25) is 4.79 Å². The van der Waals surface area contributed by atoms with Gasteiger partial charge in [0.05, 0.1) is 6.54 Å².